The molecular formula is C18H18F3N3O2. The van der Waals surface area contributed by atoms with Crippen LogP contribution in [-0.2, 0) is 10.9 Å². The van der Waals surface area contributed by atoms with Crippen molar-refractivity contribution in [3.05, 3.63) is 53.9 Å². The van der Waals surface area contributed by atoms with Gasteiger partial charge in [0.05, 0.1) is 29.1 Å². The maximum Gasteiger partial charge on any atom is 0.416 e. The number of halogens is 3. The van der Waals surface area contributed by atoms with E-state index in [-0.39, 0.29) is 17.7 Å². The summed E-state index contributed by atoms with van der Waals surface area (Å²) in [6, 6.07) is 6.37. The standard InChI is InChI=1S/C18H18F3N3O2/c19-18(20,21)13-3-1-4-14(8-13)24-15-7-12(9-22-10-15)17(25)23-11-16-5-2-6-26-16/h1,3-4,7-10,16,24H,2,5-6,11H2,(H,23,25). The third kappa shape index (κ3) is 4.72. The quantitative estimate of drug-likeness (QED) is 0.847. The summed E-state index contributed by atoms with van der Waals surface area (Å²) in [4.78, 5) is 16.2. The van der Waals surface area contributed by atoms with Crippen molar-refractivity contribution in [3.63, 3.8) is 0 Å². The normalized spacial score (nSPS) is 17.1. The van der Waals surface area contributed by atoms with Crippen molar-refractivity contribution < 1.29 is 22.7 Å². The summed E-state index contributed by atoms with van der Waals surface area (Å²) >= 11 is 0. The molecule has 8 heteroatoms. The topological polar surface area (TPSA) is 63.2 Å². The van der Waals surface area contributed by atoms with Crippen molar-refractivity contribution >= 4 is 17.3 Å². The van der Waals surface area contributed by atoms with E-state index in [1.165, 1.54) is 30.6 Å². The molecule has 138 valence electrons. The van der Waals surface area contributed by atoms with Gasteiger partial charge in [-0.2, -0.15) is 13.2 Å². The van der Waals surface area contributed by atoms with Gasteiger partial charge in [0.1, 0.15) is 0 Å². The monoisotopic (exact) mass is 365 g/mol. The number of hydrogen-bond donors (Lipinski definition) is 2. The Morgan fingerprint density at radius 3 is 2.81 bits per heavy atom. The van der Waals surface area contributed by atoms with Crippen LogP contribution in [0.2, 0.25) is 0 Å². The van der Waals surface area contributed by atoms with Gasteiger partial charge in [-0.25, -0.2) is 0 Å². The minimum atomic E-state index is -4.42. The Labute approximate surface area is 148 Å². The maximum atomic E-state index is 12.8. The minimum absolute atomic E-state index is 0.0262. The highest BCUT2D eigenvalue weighted by Gasteiger charge is 2.30. The van der Waals surface area contributed by atoms with Gasteiger partial charge in [-0.05, 0) is 37.1 Å². The number of ether oxygens (including phenoxy) is 1. The van der Waals surface area contributed by atoms with Gasteiger partial charge >= 0.3 is 6.18 Å². The van der Waals surface area contributed by atoms with Crippen LogP contribution in [0.15, 0.2) is 42.7 Å². The Hall–Kier alpha value is -2.61. The van der Waals surface area contributed by atoms with Crippen LogP contribution < -0.4 is 10.6 Å². The number of hydrogen-bond acceptors (Lipinski definition) is 4. The zero-order valence-electron chi connectivity index (χ0n) is 13.8. The fourth-order valence-corrected chi connectivity index (χ4v) is 2.69. The molecule has 3 rings (SSSR count). The highest BCUT2D eigenvalue weighted by Crippen LogP contribution is 2.31. The van der Waals surface area contributed by atoms with Crippen molar-refractivity contribution in [2.45, 2.75) is 25.1 Å². The molecule has 0 aliphatic carbocycles. The van der Waals surface area contributed by atoms with Crippen molar-refractivity contribution in [1.82, 2.24) is 10.3 Å². The van der Waals surface area contributed by atoms with Crippen LogP contribution in [0.3, 0.4) is 0 Å². The molecule has 1 aromatic heterocycles. The molecule has 26 heavy (non-hydrogen) atoms. The first kappa shape index (κ1) is 18.2. The average molecular weight is 365 g/mol. The van der Waals surface area contributed by atoms with E-state index in [1.807, 2.05) is 0 Å². The third-order valence-electron chi connectivity index (χ3n) is 3.99. The number of nitrogens with zero attached hydrogens (tertiary/aromatic N) is 1. The predicted molar refractivity (Wildman–Crippen MR) is 90.3 cm³/mol. The molecule has 1 aliphatic rings. The molecule has 2 N–H and O–H groups in total. The highest BCUT2D eigenvalue weighted by molar-refractivity contribution is 5.94. The van der Waals surface area contributed by atoms with Crippen LogP contribution in [0, 0.1) is 0 Å². The van der Waals surface area contributed by atoms with E-state index < -0.39 is 11.7 Å². The number of aromatic nitrogens is 1. The van der Waals surface area contributed by atoms with Gasteiger partial charge in [0.15, 0.2) is 0 Å². The number of nitrogens with one attached hydrogen (secondary N) is 2. The second-order valence-corrected chi connectivity index (χ2v) is 6.01. The van der Waals surface area contributed by atoms with Crippen LogP contribution in [0.1, 0.15) is 28.8 Å². The zero-order chi connectivity index (χ0) is 18.6. The smallest absolute Gasteiger partial charge is 0.376 e. The highest BCUT2D eigenvalue weighted by atomic mass is 19.4. The van der Waals surface area contributed by atoms with Gasteiger partial charge in [-0.1, -0.05) is 6.07 Å². The molecule has 2 heterocycles. The van der Waals surface area contributed by atoms with Crippen molar-refractivity contribution in [3.8, 4) is 0 Å². The van der Waals surface area contributed by atoms with E-state index in [1.54, 1.807) is 0 Å². The zero-order valence-corrected chi connectivity index (χ0v) is 13.8. The van der Waals surface area contributed by atoms with E-state index in [2.05, 4.69) is 15.6 Å². The van der Waals surface area contributed by atoms with Gasteiger partial charge in [0, 0.05) is 25.0 Å². The Kier molecular flexibility index (Phi) is 5.41. The molecule has 1 atom stereocenters. The molecule has 0 bridgehead atoms. The van der Waals surface area contributed by atoms with Gasteiger partial charge in [-0.3, -0.25) is 9.78 Å². The summed E-state index contributed by atoms with van der Waals surface area (Å²) < 4.78 is 43.8. The first-order chi connectivity index (χ1) is 12.4. The van der Waals surface area contributed by atoms with E-state index in [0.29, 0.717) is 24.4 Å². The Morgan fingerprint density at radius 2 is 2.08 bits per heavy atom. The van der Waals surface area contributed by atoms with Crippen LogP contribution >= 0.6 is 0 Å². The first-order valence-corrected chi connectivity index (χ1v) is 8.21. The molecule has 0 spiro atoms. The summed E-state index contributed by atoms with van der Waals surface area (Å²) in [7, 11) is 0. The van der Waals surface area contributed by atoms with Gasteiger partial charge in [0.25, 0.3) is 5.91 Å². The summed E-state index contributed by atoms with van der Waals surface area (Å²) in [6.07, 6.45) is 0.353. The summed E-state index contributed by atoms with van der Waals surface area (Å²) in [5.41, 5.74) is 0.258. The van der Waals surface area contributed by atoms with Gasteiger partial charge < -0.3 is 15.4 Å². The number of alkyl halides is 3. The second-order valence-electron chi connectivity index (χ2n) is 6.01. The van der Waals surface area contributed by atoms with Crippen LogP contribution in [0.5, 0.6) is 0 Å². The molecule has 2 aromatic rings. The number of rotatable bonds is 5. The molecule has 1 unspecified atom stereocenters. The number of anilines is 2. The largest absolute Gasteiger partial charge is 0.416 e. The van der Waals surface area contributed by atoms with Crippen LogP contribution in [0.4, 0.5) is 24.5 Å². The molecule has 1 saturated heterocycles. The van der Waals surface area contributed by atoms with Gasteiger partial charge in [0.2, 0.25) is 0 Å². The maximum absolute atomic E-state index is 12.8. The SMILES string of the molecule is O=C(NCC1CCCO1)c1cncc(Nc2cccc(C(F)(F)F)c2)c1. The third-order valence-corrected chi connectivity index (χ3v) is 3.99. The van der Waals surface area contributed by atoms with Crippen LogP contribution in [0.25, 0.3) is 0 Å². The molecule has 1 aromatic carbocycles. The molecule has 0 saturated carbocycles. The number of pyridine rings is 1. The Morgan fingerprint density at radius 1 is 1.23 bits per heavy atom. The fourth-order valence-electron chi connectivity index (χ4n) is 2.69. The second kappa shape index (κ2) is 7.74. The Bertz CT molecular complexity index is 774. The molecule has 0 radical (unpaired) electrons. The number of carbonyl (C=O) groups excluding carboxylic acids is 1. The van der Waals surface area contributed by atoms with E-state index >= 15 is 0 Å². The van der Waals surface area contributed by atoms with Crippen LogP contribution in [-0.4, -0.2) is 30.1 Å². The molecular weight excluding hydrogens is 347 g/mol. The summed E-state index contributed by atoms with van der Waals surface area (Å²) in [5.74, 6) is -0.305. The predicted octanol–water partition coefficient (Wildman–Crippen LogP) is 3.75. The van der Waals surface area contributed by atoms with E-state index in [9.17, 15) is 18.0 Å². The summed E-state index contributed by atoms with van der Waals surface area (Å²) in [6.45, 7) is 1.13. The number of amides is 1. The molecule has 5 nitrogen and oxygen atoms in total. The first-order valence-electron chi connectivity index (χ1n) is 8.21. The van der Waals surface area contributed by atoms with Crippen molar-refractivity contribution in [2.24, 2.45) is 0 Å². The lowest BCUT2D eigenvalue weighted by molar-refractivity contribution is -0.137. The lowest BCUT2D eigenvalue weighted by Crippen LogP contribution is -2.31. The lowest BCUT2D eigenvalue weighted by Gasteiger charge is -2.12. The van der Waals surface area contributed by atoms with E-state index in [4.69, 9.17) is 4.74 Å². The molecule has 1 amide bonds. The average Bonchev–Trinajstić information content (AvgIpc) is 3.13. The Balaban J connectivity index is 1.66. The van der Waals surface area contributed by atoms with Crippen molar-refractivity contribution in [1.29, 1.82) is 0 Å². The van der Waals surface area contributed by atoms with Crippen molar-refractivity contribution in [2.75, 3.05) is 18.5 Å². The lowest BCUT2D eigenvalue weighted by atomic mass is 10.2. The molecule has 1 aliphatic heterocycles. The van der Waals surface area contributed by atoms with E-state index in [0.717, 1.165) is 25.0 Å². The fraction of sp³-hybridized carbons (Fsp3) is 0.333. The molecule has 1 fully saturated rings. The number of benzene rings is 1. The number of carbonyl (C=O) groups is 1. The van der Waals surface area contributed by atoms with Gasteiger partial charge in [-0.15, -0.1) is 0 Å². The minimum Gasteiger partial charge on any atom is -0.376 e. The summed E-state index contributed by atoms with van der Waals surface area (Å²) in [5, 5.41) is 5.62.